The van der Waals surface area contributed by atoms with E-state index < -0.39 is 6.04 Å². The van der Waals surface area contributed by atoms with E-state index in [1.54, 1.807) is 0 Å². The first-order valence-electron chi connectivity index (χ1n) is 5.69. The molecule has 0 aliphatic carbocycles. The number of aryl methyl sites for hydroxylation is 1. The van der Waals surface area contributed by atoms with Gasteiger partial charge in [0.2, 0.25) is 5.91 Å². The van der Waals surface area contributed by atoms with Crippen LogP contribution in [0.25, 0.3) is 0 Å². The van der Waals surface area contributed by atoms with Crippen LogP contribution in [-0.4, -0.2) is 22.1 Å². The highest BCUT2D eigenvalue weighted by Gasteiger charge is 2.19. The zero-order valence-electron chi connectivity index (χ0n) is 10.1. The van der Waals surface area contributed by atoms with Gasteiger partial charge in [-0.3, -0.25) is 9.89 Å². The zero-order chi connectivity index (χ0) is 12.1. The maximum absolute atomic E-state index is 11.7. The van der Waals surface area contributed by atoms with E-state index >= 15 is 0 Å². The summed E-state index contributed by atoms with van der Waals surface area (Å²) >= 11 is 0. The third kappa shape index (κ3) is 3.06. The molecule has 0 fully saturated rings. The van der Waals surface area contributed by atoms with Gasteiger partial charge in [0.05, 0.1) is 6.04 Å². The van der Waals surface area contributed by atoms with Gasteiger partial charge in [-0.05, 0) is 12.3 Å². The van der Waals surface area contributed by atoms with Crippen molar-refractivity contribution in [3.63, 3.8) is 0 Å². The van der Waals surface area contributed by atoms with Crippen LogP contribution in [0.4, 0.5) is 5.82 Å². The predicted molar refractivity (Wildman–Crippen MR) is 64.0 cm³/mol. The third-order valence-electron chi connectivity index (χ3n) is 2.82. The molecule has 0 unspecified atom stereocenters. The largest absolute Gasteiger partial charge is 0.320 e. The van der Waals surface area contributed by atoms with Crippen molar-refractivity contribution in [2.24, 2.45) is 11.7 Å². The molecule has 5 nitrogen and oxygen atoms in total. The smallest absolute Gasteiger partial charge is 0.242 e. The van der Waals surface area contributed by atoms with Crippen LogP contribution in [0.2, 0.25) is 0 Å². The normalized spacial score (nSPS) is 14.5. The minimum atomic E-state index is -0.480. The molecule has 16 heavy (non-hydrogen) atoms. The molecule has 0 spiro atoms. The number of carbonyl (C=O) groups excluding carboxylic acids is 1. The van der Waals surface area contributed by atoms with Gasteiger partial charge in [0.25, 0.3) is 0 Å². The van der Waals surface area contributed by atoms with Crippen LogP contribution in [0.1, 0.15) is 32.9 Å². The summed E-state index contributed by atoms with van der Waals surface area (Å²) < 4.78 is 0. The number of aromatic amines is 1. The lowest BCUT2D eigenvalue weighted by Gasteiger charge is -2.16. The zero-order valence-corrected chi connectivity index (χ0v) is 10.1. The molecule has 5 heteroatoms. The molecule has 0 saturated heterocycles. The number of carbonyl (C=O) groups is 1. The van der Waals surface area contributed by atoms with Crippen molar-refractivity contribution in [1.29, 1.82) is 0 Å². The number of nitrogens with two attached hydrogens (primary N) is 1. The van der Waals surface area contributed by atoms with Gasteiger partial charge in [0, 0.05) is 11.8 Å². The maximum atomic E-state index is 11.7. The van der Waals surface area contributed by atoms with Crippen molar-refractivity contribution in [2.45, 2.75) is 39.7 Å². The molecule has 1 aromatic rings. The van der Waals surface area contributed by atoms with Crippen molar-refractivity contribution in [3.05, 3.63) is 11.8 Å². The van der Waals surface area contributed by atoms with Crippen LogP contribution in [0.5, 0.6) is 0 Å². The highest BCUT2D eigenvalue weighted by atomic mass is 16.2. The Kier molecular flexibility index (Phi) is 4.49. The van der Waals surface area contributed by atoms with Gasteiger partial charge >= 0.3 is 0 Å². The first-order valence-corrected chi connectivity index (χ1v) is 5.69. The second kappa shape index (κ2) is 5.65. The van der Waals surface area contributed by atoms with Gasteiger partial charge in [0.1, 0.15) is 0 Å². The molecule has 0 aromatic carbocycles. The van der Waals surface area contributed by atoms with Crippen LogP contribution >= 0.6 is 0 Å². The van der Waals surface area contributed by atoms with Crippen molar-refractivity contribution in [3.8, 4) is 0 Å². The highest BCUT2D eigenvalue weighted by Crippen LogP contribution is 2.10. The standard InChI is InChI=1S/C11H20N4O/c1-4-7(3)10(12)11(16)13-9-6-8(5-2)14-15-9/h6-7,10H,4-5,12H2,1-3H3,(H2,13,14,15,16)/t7-,10-/m0/s1. The summed E-state index contributed by atoms with van der Waals surface area (Å²) in [6.45, 7) is 6.00. The van der Waals surface area contributed by atoms with Crippen molar-refractivity contribution in [1.82, 2.24) is 10.2 Å². The number of hydrogen-bond donors (Lipinski definition) is 3. The summed E-state index contributed by atoms with van der Waals surface area (Å²) in [6.07, 6.45) is 1.75. The van der Waals surface area contributed by atoms with Crippen LogP contribution in [0.3, 0.4) is 0 Å². The second-order valence-corrected chi connectivity index (χ2v) is 4.03. The maximum Gasteiger partial charge on any atom is 0.242 e. The number of H-pyrrole nitrogens is 1. The number of anilines is 1. The Balaban J connectivity index is 2.57. The van der Waals surface area contributed by atoms with E-state index in [1.165, 1.54) is 0 Å². The van der Waals surface area contributed by atoms with Crippen molar-refractivity contribution >= 4 is 11.7 Å². The van der Waals surface area contributed by atoms with E-state index in [-0.39, 0.29) is 11.8 Å². The molecule has 90 valence electrons. The first-order chi connectivity index (χ1) is 7.58. The second-order valence-electron chi connectivity index (χ2n) is 4.03. The number of amides is 1. The Hall–Kier alpha value is -1.36. The number of nitrogens with zero attached hydrogens (tertiary/aromatic N) is 1. The molecule has 1 aromatic heterocycles. The Labute approximate surface area is 95.8 Å². The van der Waals surface area contributed by atoms with Crippen LogP contribution in [0.15, 0.2) is 6.07 Å². The summed E-state index contributed by atoms with van der Waals surface area (Å²) in [5.74, 6) is 0.536. The molecule has 0 saturated carbocycles. The fourth-order valence-electron chi connectivity index (χ4n) is 1.33. The molecule has 1 heterocycles. The van der Waals surface area contributed by atoms with Gasteiger partial charge in [-0.15, -0.1) is 0 Å². The van der Waals surface area contributed by atoms with E-state index in [0.717, 1.165) is 18.5 Å². The Bertz CT molecular complexity index is 348. The molecule has 2 atom stereocenters. The first kappa shape index (κ1) is 12.7. The Morgan fingerprint density at radius 2 is 2.31 bits per heavy atom. The number of hydrogen-bond acceptors (Lipinski definition) is 3. The topological polar surface area (TPSA) is 83.8 Å². The molecular formula is C11H20N4O. The fraction of sp³-hybridized carbons (Fsp3) is 0.636. The lowest BCUT2D eigenvalue weighted by atomic mass is 9.99. The van der Waals surface area contributed by atoms with Gasteiger partial charge < -0.3 is 11.1 Å². The lowest BCUT2D eigenvalue weighted by Crippen LogP contribution is -2.40. The molecule has 0 bridgehead atoms. The molecule has 0 aliphatic heterocycles. The monoisotopic (exact) mass is 224 g/mol. The molecule has 1 rings (SSSR count). The van der Waals surface area contributed by atoms with E-state index in [2.05, 4.69) is 15.5 Å². The molecule has 0 radical (unpaired) electrons. The van der Waals surface area contributed by atoms with E-state index in [0.29, 0.717) is 5.82 Å². The van der Waals surface area contributed by atoms with Crippen molar-refractivity contribution in [2.75, 3.05) is 5.32 Å². The summed E-state index contributed by atoms with van der Waals surface area (Å²) in [7, 11) is 0. The Morgan fingerprint density at radius 1 is 1.62 bits per heavy atom. The minimum Gasteiger partial charge on any atom is -0.320 e. The average molecular weight is 224 g/mol. The highest BCUT2D eigenvalue weighted by molar-refractivity contribution is 5.94. The molecule has 0 aliphatic rings. The van der Waals surface area contributed by atoms with E-state index in [4.69, 9.17) is 5.73 Å². The summed E-state index contributed by atoms with van der Waals surface area (Å²) in [6, 6.07) is 1.34. The van der Waals surface area contributed by atoms with Gasteiger partial charge in [-0.2, -0.15) is 5.10 Å². The van der Waals surface area contributed by atoms with E-state index in [9.17, 15) is 4.79 Å². The van der Waals surface area contributed by atoms with Gasteiger partial charge in [0.15, 0.2) is 5.82 Å². The number of rotatable bonds is 5. The molecule has 4 N–H and O–H groups in total. The SMILES string of the molecule is CCc1cc(NC(=O)[C@@H](N)[C@@H](C)CC)n[nH]1. The van der Waals surface area contributed by atoms with E-state index in [1.807, 2.05) is 26.8 Å². The molecule has 1 amide bonds. The average Bonchev–Trinajstić information content (AvgIpc) is 2.74. The van der Waals surface area contributed by atoms with Crippen molar-refractivity contribution < 1.29 is 4.79 Å². The van der Waals surface area contributed by atoms with Crippen LogP contribution in [-0.2, 0) is 11.2 Å². The number of nitrogens with one attached hydrogen (secondary N) is 2. The van der Waals surface area contributed by atoms with Crippen LogP contribution in [0, 0.1) is 5.92 Å². The third-order valence-corrected chi connectivity index (χ3v) is 2.82. The fourth-order valence-corrected chi connectivity index (χ4v) is 1.33. The predicted octanol–water partition coefficient (Wildman–Crippen LogP) is 1.28. The molecular weight excluding hydrogens is 204 g/mol. The Morgan fingerprint density at radius 3 is 2.81 bits per heavy atom. The quantitative estimate of drug-likeness (QED) is 0.704. The van der Waals surface area contributed by atoms with Gasteiger partial charge in [-0.1, -0.05) is 27.2 Å². The minimum absolute atomic E-state index is 0.171. The lowest BCUT2D eigenvalue weighted by molar-refractivity contribution is -0.118. The summed E-state index contributed by atoms with van der Waals surface area (Å²) in [5.41, 5.74) is 6.80. The summed E-state index contributed by atoms with van der Waals surface area (Å²) in [4.78, 5) is 11.7. The van der Waals surface area contributed by atoms with Gasteiger partial charge in [-0.25, -0.2) is 0 Å². The number of aromatic nitrogens is 2. The summed E-state index contributed by atoms with van der Waals surface area (Å²) in [5, 5.41) is 9.52. The van der Waals surface area contributed by atoms with Crippen LogP contribution < -0.4 is 11.1 Å².